The molecule has 0 heterocycles. The van der Waals surface area contributed by atoms with Gasteiger partial charge >= 0.3 is 5.97 Å². The quantitative estimate of drug-likeness (QED) is 0.173. The average Bonchev–Trinajstić information content (AvgIpc) is 2.70. The molecule has 0 fully saturated rings. The van der Waals surface area contributed by atoms with Gasteiger partial charge in [-0.05, 0) is 43.3 Å². The third kappa shape index (κ3) is 7.17. The SMILES string of the molecule is CCOC(=O)COc1ccc(SCCNS(=O)(=O)c2ccc(Cl)c([N+](=O)[O-])c2)cc1. The third-order valence-electron chi connectivity index (χ3n) is 3.57. The summed E-state index contributed by atoms with van der Waals surface area (Å²) in [7, 11) is -3.90. The largest absolute Gasteiger partial charge is 0.482 e. The van der Waals surface area contributed by atoms with E-state index in [9.17, 15) is 23.3 Å². The minimum atomic E-state index is -3.90. The van der Waals surface area contributed by atoms with Gasteiger partial charge in [0.15, 0.2) is 6.61 Å². The van der Waals surface area contributed by atoms with Gasteiger partial charge in [-0.3, -0.25) is 10.1 Å². The first-order chi connectivity index (χ1) is 14.2. The van der Waals surface area contributed by atoms with Crippen LogP contribution in [-0.4, -0.2) is 44.8 Å². The zero-order valence-electron chi connectivity index (χ0n) is 15.9. The van der Waals surface area contributed by atoms with E-state index in [1.807, 2.05) is 0 Å². The zero-order valence-corrected chi connectivity index (χ0v) is 18.3. The first-order valence-corrected chi connectivity index (χ1v) is 11.5. The number of ether oxygens (including phenoxy) is 2. The molecule has 2 rings (SSSR count). The van der Waals surface area contributed by atoms with Crippen molar-refractivity contribution in [2.75, 3.05) is 25.5 Å². The normalized spacial score (nSPS) is 11.1. The van der Waals surface area contributed by atoms with Crippen LogP contribution < -0.4 is 9.46 Å². The number of nitrogens with zero attached hydrogens (tertiary/aromatic N) is 1. The van der Waals surface area contributed by atoms with Gasteiger partial charge in [-0.2, -0.15) is 0 Å². The van der Waals surface area contributed by atoms with E-state index >= 15 is 0 Å². The lowest BCUT2D eigenvalue weighted by Gasteiger charge is -2.08. The maximum Gasteiger partial charge on any atom is 0.344 e. The Morgan fingerprint density at radius 3 is 2.57 bits per heavy atom. The van der Waals surface area contributed by atoms with Crippen LogP contribution in [0.25, 0.3) is 0 Å². The maximum atomic E-state index is 12.3. The molecule has 0 aliphatic rings. The number of hydrogen-bond donors (Lipinski definition) is 1. The van der Waals surface area contributed by atoms with E-state index < -0.39 is 26.6 Å². The molecule has 0 bridgehead atoms. The van der Waals surface area contributed by atoms with Crippen LogP contribution in [0.1, 0.15) is 6.92 Å². The van der Waals surface area contributed by atoms with Gasteiger partial charge in [0.2, 0.25) is 10.0 Å². The van der Waals surface area contributed by atoms with Crippen molar-refractivity contribution < 1.29 is 27.6 Å². The number of thioether (sulfide) groups is 1. The Hall–Kier alpha value is -2.34. The number of esters is 1. The number of benzene rings is 2. The van der Waals surface area contributed by atoms with E-state index in [0.717, 1.165) is 11.0 Å². The predicted molar refractivity (Wildman–Crippen MR) is 113 cm³/mol. The fourth-order valence-corrected chi connectivity index (χ4v) is 4.34. The fourth-order valence-electron chi connectivity index (χ4n) is 2.20. The Bertz CT molecular complexity index is 998. The van der Waals surface area contributed by atoms with Gasteiger partial charge in [-0.15, -0.1) is 11.8 Å². The van der Waals surface area contributed by atoms with Crippen LogP contribution in [0.3, 0.4) is 0 Å². The van der Waals surface area contributed by atoms with Gasteiger partial charge in [0, 0.05) is 23.3 Å². The predicted octanol–water partition coefficient (Wildman–Crippen LogP) is 3.26. The van der Waals surface area contributed by atoms with Crippen LogP contribution in [0.15, 0.2) is 52.3 Å². The summed E-state index contributed by atoms with van der Waals surface area (Å²) >= 11 is 7.11. The molecule has 2 aromatic carbocycles. The van der Waals surface area contributed by atoms with Crippen molar-refractivity contribution in [2.45, 2.75) is 16.7 Å². The Balaban J connectivity index is 1.83. The smallest absolute Gasteiger partial charge is 0.344 e. The van der Waals surface area contributed by atoms with E-state index in [1.54, 1.807) is 31.2 Å². The average molecular weight is 475 g/mol. The summed E-state index contributed by atoms with van der Waals surface area (Å²) in [5.41, 5.74) is -0.473. The van der Waals surface area contributed by atoms with Gasteiger partial charge in [-0.1, -0.05) is 11.6 Å². The first-order valence-electron chi connectivity index (χ1n) is 8.68. The minimum absolute atomic E-state index is 0.116. The third-order valence-corrected chi connectivity index (χ3v) is 6.37. The van der Waals surface area contributed by atoms with E-state index in [0.29, 0.717) is 11.5 Å². The minimum Gasteiger partial charge on any atom is -0.482 e. The van der Waals surface area contributed by atoms with Gasteiger partial charge < -0.3 is 9.47 Å². The second-order valence-electron chi connectivity index (χ2n) is 5.68. The molecule has 0 saturated carbocycles. The van der Waals surface area contributed by atoms with E-state index in [2.05, 4.69) is 4.72 Å². The Morgan fingerprint density at radius 1 is 1.23 bits per heavy atom. The number of nitrogens with one attached hydrogen (secondary N) is 1. The number of nitro benzene ring substituents is 1. The number of rotatable bonds is 11. The van der Waals surface area contributed by atoms with Gasteiger partial charge in [0.05, 0.1) is 16.4 Å². The van der Waals surface area contributed by atoms with Gasteiger partial charge in [0.1, 0.15) is 10.8 Å². The van der Waals surface area contributed by atoms with Crippen LogP contribution >= 0.6 is 23.4 Å². The number of carbonyl (C=O) groups is 1. The Morgan fingerprint density at radius 2 is 1.93 bits per heavy atom. The van der Waals surface area contributed by atoms with E-state index in [4.69, 9.17) is 21.1 Å². The second kappa shape index (κ2) is 11.2. The number of carbonyl (C=O) groups excluding carboxylic acids is 1. The highest BCUT2D eigenvalue weighted by atomic mass is 35.5. The van der Waals surface area contributed by atoms with Crippen molar-refractivity contribution in [1.29, 1.82) is 0 Å². The lowest BCUT2D eigenvalue weighted by molar-refractivity contribution is -0.384. The lowest BCUT2D eigenvalue weighted by Crippen LogP contribution is -2.26. The number of halogens is 1. The molecule has 0 amide bonds. The molecule has 0 spiro atoms. The summed E-state index contributed by atoms with van der Waals surface area (Å²) in [6, 6.07) is 10.3. The molecule has 0 aliphatic heterocycles. The van der Waals surface area contributed by atoms with Gasteiger partial charge in [0.25, 0.3) is 5.69 Å². The molecule has 0 atom stereocenters. The molecule has 0 radical (unpaired) electrons. The van der Waals surface area contributed by atoms with Crippen LogP contribution in [0, 0.1) is 10.1 Å². The highest BCUT2D eigenvalue weighted by Gasteiger charge is 2.20. The summed E-state index contributed by atoms with van der Waals surface area (Å²) in [5.74, 6) is 0.490. The van der Waals surface area contributed by atoms with Crippen molar-refractivity contribution in [1.82, 2.24) is 4.72 Å². The lowest BCUT2D eigenvalue weighted by atomic mass is 10.3. The first kappa shape index (κ1) is 23.9. The van der Waals surface area contributed by atoms with Crippen LogP contribution in [0.2, 0.25) is 5.02 Å². The van der Waals surface area contributed by atoms with Crippen molar-refractivity contribution in [3.63, 3.8) is 0 Å². The molecular formula is C18H19ClN2O7S2. The van der Waals surface area contributed by atoms with Crippen molar-refractivity contribution in [2.24, 2.45) is 0 Å². The molecule has 2 aromatic rings. The molecule has 0 unspecified atom stereocenters. The molecule has 0 aromatic heterocycles. The summed E-state index contributed by atoms with van der Waals surface area (Å²) in [6.07, 6.45) is 0. The summed E-state index contributed by atoms with van der Waals surface area (Å²) < 4.78 is 37.1. The van der Waals surface area contributed by atoms with Gasteiger partial charge in [-0.25, -0.2) is 17.9 Å². The molecule has 0 aliphatic carbocycles. The van der Waals surface area contributed by atoms with Crippen molar-refractivity contribution in [3.05, 3.63) is 57.6 Å². The summed E-state index contributed by atoms with van der Waals surface area (Å²) in [5, 5.41) is 10.8. The van der Waals surface area contributed by atoms with Crippen molar-refractivity contribution in [3.8, 4) is 5.75 Å². The molecule has 30 heavy (non-hydrogen) atoms. The molecule has 1 N–H and O–H groups in total. The molecule has 0 saturated heterocycles. The standard InChI is InChI=1S/C18H19ClN2O7S2/c1-2-27-18(22)12-28-13-3-5-14(6-4-13)29-10-9-20-30(25,26)15-7-8-16(19)17(11-15)21(23)24/h3-8,11,20H,2,9-10,12H2,1H3. The highest BCUT2D eigenvalue weighted by Crippen LogP contribution is 2.27. The fraction of sp³-hybridized carbons (Fsp3) is 0.278. The molecule has 9 nitrogen and oxygen atoms in total. The van der Waals surface area contributed by atoms with E-state index in [-0.39, 0.29) is 29.7 Å². The topological polar surface area (TPSA) is 125 Å². The summed E-state index contributed by atoms with van der Waals surface area (Å²) in [6.45, 7) is 1.94. The maximum absolute atomic E-state index is 12.3. The molecular weight excluding hydrogens is 456 g/mol. The molecule has 12 heteroatoms. The zero-order chi connectivity index (χ0) is 22.1. The number of sulfonamides is 1. The van der Waals surface area contributed by atoms with Crippen LogP contribution in [0.5, 0.6) is 5.75 Å². The Kier molecular flexibility index (Phi) is 8.90. The molecule has 162 valence electrons. The Labute approximate surface area is 182 Å². The number of hydrogen-bond acceptors (Lipinski definition) is 8. The van der Waals surface area contributed by atoms with Crippen LogP contribution in [-0.2, 0) is 19.6 Å². The van der Waals surface area contributed by atoms with Crippen LogP contribution in [0.4, 0.5) is 5.69 Å². The number of nitro groups is 1. The van der Waals surface area contributed by atoms with Crippen molar-refractivity contribution >= 4 is 45.0 Å². The highest BCUT2D eigenvalue weighted by molar-refractivity contribution is 7.99. The van der Waals surface area contributed by atoms with E-state index in [1.165, 1.54) is 23.9 Å². The second-order valence-corrected chi connectivity index (χ2v) is 9.02. The summed E-state index contributed by atoms with van der Waals surface area (Å²) in [4.78, 5) is 22.1. The monoisotopic (exact) mass is 474 g/mol.